The first-order valence-electron chi connectivity index (χ1n) is 8.59. The van der Waals surface area contributed by atoms with Crippen LogP contribution in [0.2, 0.25) is 0 Å². The standard InChI is InChI=1S/C21H18N2O4S/c1-3-16(21(24)25)11-17-13-23(20-9-6-15(12-22)10-19(17)20)28(26,27)18-7-4-14(2)5-8-18/h4-11,13H,3H2,1-2H3,(H,24,25). The molecule has 1 heterocycles. The van der Waals surface area contributed by atoms with Crippen LogP contribution in [0.4, 0.5) is 0 Å². The van der Waals surface area contributed by atoms with Gasteiger partial charge in [0.25, 0.3) is 10.0 Å². The van der Waals surface area contributed by atoms with E-state index in [1.165, 1.54) is 30.5 Å². The Labute approximate surface area is 163 Å². The summed E-state index contributed by atoms with van der Waals surface area (Å²) in [5.41, 5.74) is 2.26. The lowest BCUT2D eigenvalue weighted by Gasteiger charge is -2.08. The third-order valence-electron chi connectivity index (χ3n) is 4.49. The van der Waals surface area contributed by atoms with Crippen LogP contribution >= 0.6 is 0 Å². The fourth-order valence-corrected chi connectivity index (χ4v) is 4.31. The summed E-state index contributed by atoms with van der Waals surface area (Å²) >= 11 is 0. The van der Waals surface area contributed by atoms with E-state index in [2.05, 4.69) is 0 Å². The summed E-state index contributed by atoms with van der Waals surface area (Å²) in [5, 5.41) is 19.0. The predicted molar refractivity (Wildman–Crippen MR) is 106 cm³/mol. The topological polar surface area (TPSA) is 100 Å². The minimum Gasteiger partial charge on any atom is -0.478 e. The number of carboxylic acids is 1. The molecule has 0 bridgehead atoms. The van der Waals surface area contributed by atoms with E-state index in [1.807, 2.05) is 13.0 Å². The van der Waals surface area contributed by atoms with Crippen molar-refractivity contribution in [3.05, 3.63) is 70.9 Å². The number of fused-ring (bicyclic) bond motifs is 1. The van der Waals surface area contributed by atoms with E-state index in [1.54, 1.807) is 31.2 Å². The molecule has 3 rings (SSSR count). The fraction of sp³-hybridized carbons (Fsp3) is 0.143. The maximum atomic E-state index is 13.2. The zero-order chi connectivity index (χ0) is 20.5. The van der Waals surface area contributed by atoms with E-state index in [4.69, 9.17) is 0 Å². The smallest absolute Gasteiger partial charge is 0.331 e. The highest BCUT2D eigenvalue weighted by molar-refractivity contribution is 7.90. The molecular formula is C21H18N2O4S. The number of nitrogens with zero attached hydrogens (tertiary/aromatic N) is 2. The van der Waals surface area contributed by atoms with Gasteiger partial charge in [0, 0.05) is 22.7 Å². The quantitative estimate of drug-likeness (QED) is 0.661. The zero-order valence-corrected chi connectivity index (χ0v) is 16.2. The highest BCUT2D eigenvalue weighted by Gasteiger charge is 2.21. The van der Waals surface area contributed by atoms with E-state index in [0.717, 1.165) is 9.54 Å². The molecule has 6 nitrogen and oxygen atoms in total. The summed E-state index contributed by atoms with van der Waals surface area (Å²) in [6.07, 6.45) is 3.14. The number of nitriles is 1. The number of hydrogen-bond acceptors (Lipinski definition) is 4. The summed E-state index contributed by atoms with van der Waals surface area (Å²) < 4.78 is 27.5. The number of carboxylic acid groups (broad SMARTS) is 1. The van der Waals surface area contributed by atoms with Crippen LogP contribution < -0.4 is 0 Å². The molecule has 0 radical (unpaired) electrons. The third-order valence-corrected chi connectivity index (χ3v) is 6.18. The molecule has 0 amide bonds. The lowest BCUT2D eigenvalue weighted by Crippen LogP contribution is -2.11. The molecule has 142 valence electrons. The molecule has 0 aliphatic carbocycles. The van der Waals surface area contributed by atoms with Gasteiger partial charge in [0.2, 0.25) is 0 Å². The maximum Gasteiger partial charge on any atom is 0.331 e. The van der Waals surface area contributed by atoms with Gasteiger partial charge in [0.1, 0.15) is 0 Å². The lowest BCUT2D eigenvalue weighted by molar-refractivity contribution is -0.132. The summed E-state index contributed by atoms with van der Waals surface area (Å²) in [5.74, 6) is -1.07. The van der Waals surface area contributed by atoms with E-state index in [0.29, 0.717) is 22.0 Å². The average Bonchev–Trinajstić information content (AvgIpc) is 3.04. The molecule has 0 spiro atoms. The number of benzene rings is 2. The van der Waals surface area contributed by atoms with Gasteiger partial charge in [-0.1, -0.05) is 24.6 Å². The highest BCUT2D eigenvalue weighted by Crippen LogP contribution is 2.29. The van der Waals surface area contributed by atoms with Crippen molar-refractivity contribution in [2.24, 2.45) is 0 Å². The Morgan fingerprint density at radius 3 is 2.46 bits per heavy atom. The molecule has 1 aromatic heterocycles. The van der Waals surface area contributed by atoms with Crippen molar-refractivity contribution in [2.45, 2.75) is 25.2 Å². The van der Waals surface area contributed by atoms with Gasteiger partial charge < -0.3 is 5.11 Å². The SMILES string of the molecule is CCC(=Cc1cn(S(=O)(=O)c2ccc(C)cc2)c2ccc(C#N)cc12)C(=O)O. The number of rotatable bonds is 5. The molecule has 0 saturated carbocycles. The second-order valence-corrected chi connectivity index (χ2v) is 8.19. The van der Waals surface area contributed by atoms with Gasteiger partial charge in [0.15, 0.2) is 0 Å². The van der Waals surface area contributed by atoms with Crippen molar-refractivity contribution >= 4 is 33.0 Å². The monoisotopic (exact) mass is 394 g/mol. The molecule has 0 saturated heterocycles. The Hall–Kier alpha value is -3.37. The highest BCUT2D eigenvalue weighted by atomic mass is 32.2. The van der Waals surface area contributed by atoms with Crippen LogP contribution in [0.1, 0.15) is 30.0 Å². The van der Waals surface area contributed by atoms with E-state index >= 15 is 0 Å². The average molecular weight is 394 g/mol. The fourth-order valence-electron chi connectivity index (χ4n) is 2.93. The van der Waals surface area contributed by atoms with Crippen LogP contribution in [-0.4, -0.2) is 23.5 Å². The number of aromatic nitrogens is 1. The Balaban J connectivity index is 2.31. The van der Waals surface area contributed by atoms with Crippen LogP contribution in [0.3, 0.4) is 0 Å². The summed E-state index contributed by atoms with van der Waals surface area (Å²) in [6, 6.07) is 13.2. The second kappa shape index (κ2) is 7.33. The van der Waals surface area contributed by atoms with Gasteiger partial charge in [-0.15, -0.1) is 0 Å². The van der Waals surface area contributed by atoms with Gasteiger partial charge in [-0.2, -0.15) is 5.26 Å². The van der Waals surface area contributed by atoms with Crippen LogP contribution in [-0.2, 0) is 14.8 Å². The van der Waals surface area contributed by atoms with Gasteiger partial charge in [0.05, 0.1) is 22.0 Å². The number of aliphatic carboxylic acids is 1. The normalized spacial score (nSPS) is 12.1. The molecule has 28 heavy (non-hydrogen) atoms. The Morgan fingerprint density at radius 2 is 1.89 bits per heavy atom. The number of carbonyl (C=O) groups is 1. The van der Waals surface area contributed by atoms with Gasteiger partial charge in [-0.25, -0.2) is 17.2 Å². The van der Waals surface area contributed by atoms with Crippen LogP contribution in [0.25, 0.3) is 17.0 Å². The molecular weight excluding hydrogens is 376 g/mol. The molecule has 7 heteroatoms. The van der Waals surface area contributed by atoms with Crippen molar-refractivity contribution in [3.63, 3.8) is 0 Å². The van der Waals surface area contributed by atoms with Crippen LogP contribution in [0, 0.1) is 18.3 Å². The van der Waals surface area contributed by atoms with Crippen LogP contribution in [0.15, 0.2) is 59.1 Å². The van der Waals surface area contributed by atoms with Crippen molar-refractivity contribution in [2.75, 3.05) is 0 Å². The van der Waals surface area contributed by atoms with Crippen molar-refractivity contribution in [3.8, 4) is 6.07 Å². The van der Waals surface area contributed by atoms with Gasteiger partial charge >= 0.3 is 5.97 Å². The van der Waals surface area contributed by atoms with Gasteiger partial charge in [-0.3, -0.25) is 0 Å². The number of aryl methyl sites for hydroxylation is 1. The second-order valence-electron chi connectivity index (χ2n) is 6.37. The molecule has 0 unspecified atom stereocenters. The van der Waals surface area contributed by atoms with E-state index < -0.39 is 16.0 Å². The molecule has 2 aromatic carbocycles. The van der Waals surface area contributed by atoms with Crippen molar-refractivity contribution in [1.82, 2.24) is 3.97 Å². The minimum absolute atomic E-state index is 0.129. The first-order valence-corrected chi connectivity index (χ1v) is 10.0. The molecule has 1 N–H and O–H groups in total. The Bertz CT molecular complexity index is 1240. The first kappa shape index (κ1) is 19.4. The lowest BCUT2D eigenvalue weighted by atomic mass is 10.1. The number of hydrogen-bond donors (Lipinski definition) is 1. The van der Waals surface area contributed by atoms with Crippen molar-refractivity contribution in [1.29, 1.82) is 5.26 Å². The largest absolute Gasteiger partial charge is 0.478 e. The predicted octanol–water partition coefficient (Wildman–Crippen LogP) is 3.94. The van der Waals surface area contributed by atoms with E-state index in [-0.39, 0.29) is 16.9 Å². The zero-order valence-electron chi connectivity index (χ0n) is 15.4. The molecule has 0 aliphatic heterocycles. The summed E-state index contributed by atoms with van der Waals surface area (Å²) in [4.78, 5) is 11.5. The third kappa shape index (κ3) is 3.42. The molecule has 0 fully saturated rings. The maximum absolute atomic E-state index is 13.2. The first-order chi connectivity index (χ1) is 13.3. The Kier molecular flexibility index (Phi) is 5.08. The van der Waals surface area contributed by atoms with E-state index in [9.17, 15) is 23.6 Å². The summed E-state index contributed by atoms with van der Waals surface area (Å²) in [6.45, 7) is 3.58. The van der Waals surface area contributed by atoms with Crippen molar-refractivity contribution < 1.29 is 18.3 Å². The van der Waals surface area contributed by atoms with Gasteiger partial charge in [-0.05, 0) is 49.8 Å². The minimum atomic E-state index is -3.89. The molecule has 0 aliphatic rings. The summed E-state index contributed by atoms with van der Waals surface area (Å²) in [7, 11) is -3.89. The molecule has 3 aromatic rings. The molecule has 0 atom stereocenters. The Morgan fingerprint density at radius 1 is 1.21 bits per heavy atom. The van der Waals surface area contributed by atoms with Crippen LogP contribution in [0.5, 0.6) is 0 Å².